The van der Waals surface area contributed by atoms with Crippen LogP contribution in [0.15, 0.2) is 36.7 Å². The van der Waals surface area contributed by atoms with Crippen LogP contribution in [0.2, 0.25) is 0 Å². The highest BCUT2D eigenvalue weighted by molar-refractivity contribution is 5.34. The molecule has 0 fully saturated rings. The second kappa shape index (κ2) is 4.78. The van der Waals surface area contributed by atoms with Gasteiger partial charge in [-0.3, -0.25) is 10.1 Å². The largest absolute Gasteiger partial charge is 0.331 e. The Balaban J connectivity index is 2.24. The number of hydrogen-bond acceptors (Lipinski definition) is 3. The van der Waals surface area contributed by atoms with Gasteiger partial charge in [-0.25, -0.2) is 4.98 Å². The van der Waals surface area contributed by atoms with Crippen molar-refractivity contribution in [2.45, 2.75) is 19.9 Å². The van der Waals surface area contributed by atoms with Crippen molar-refractivity contribution in [3.8, 4) is 0 Å². The van der Waals surface area contributed by atoms with Gasteiger partial charge in [0.2, 0.25) is 0 Å². The molecular weight excluding hydrogens is 218 g/mol. The number of imidazole rings is 1. The molecule has 0 bridgehead atoms. The fourth-order valence-corrected chi connectivity index (χ4v) is 1.76. The molecule has 1 aromatic heterocycles. The number of nitro groups is 1. The molecule has 1 aromatic carbocycles. The molecule has 0 unspecified atom stereocenters. The molecule has 0 aliphatic rings. The molecule has 0 N–H and O–H groups in total. The van der Waals surface area contributed by atoms with E-state index in [1.54, 1.807) is 18.3 Å². The average Bonchev–Trinajstić information content (AvgIpc) is 2.76. The number of aryl methyl sites for hydroxylation is 1. The van der Waals surface area contributed by atoms with Crippen LogP contribution in [-0.2, 0) is 13.0 Å². The molecule has 0 saturated heterocycles. The Labute approximate surface area is 98.9 Å². The van der Waals surface area contributed by atoms with Gasteiger partial charge in [0.1, 0.15) is 5.82 Å². The van der Waals surface area contributed by atoms with Crippen molar-refractivity contribution in [3.05, 3.63) is 58.2 Å². The Morgan fingerprint density at radius 2 is 2.29 bits per heavy atom. The van der Waals surface area contributed by atoms with Gasteiger partial charge in [-0.2, -0.15) is 0 Å². The highest BCUT2D eigenvalue weighted by Gasteiger charge is 2.07. The van der Waals surface area contributed by atoms with Gasteiger partial charge < -0.3 is 4.57 Å². The Hall–Kier alpha value is -2.17. The Morgan fingerprint density at radius 1 is 1.47 bits per heavy atom. The summed E-state index contributed by atoms with van der Waals surface area (Å²) in [5.41, 5.74) is 1.03. The van der Waals surface area contributed by atoms with Crippen molar-refractivity contribution in [3.63, 3.8) is 0 Å². The Morgan fingerprint density at radius 3 is 3.00 bits per heavy atom. The number of rotatable bonds is 4. The van der Waals surface area contributed by atoms with E-state index in [2.05, 4.69) is 4.98 Å². The number of aromatic nitrogens is 2. The number of benzene rings is 1. The highest BCUT2D eigenvalue weighted by Crippen LogP contribution is 2.14. The summed E-state index contributed by atoms with van der Waals surface area (Å²) in [5.74, 6) is 0.983. The van der Waals surface area contributed by atoms with Crippen LogP contribution in [0.4, 0.5) is 5.69 Å². The Kier molecular flexibility index (Phi) is 3.18. The maximum Gasteiger partial charge on any atom is 0.269 e. The molecule has 17 heavy (non-hydrogen) atoms. The normalized spacial score (nSPS) is 10.4. The molecule has 0 spiro atoms. The van der Waals surface area contributed by atoms with E-state index in [1.165, 1.54) is 6.07 Å². The molecule has 0 saturated carbocycles. The maximum absolute atomic E-state index is 10.7. The molecule has 88 valence electrons. The van der Waals surface area contributed by atoms with Crippen LogP contribution in [0.5, 0.6) is 0 Å². The number of nitrogens with zero attached hydrogens (tertiary/aromatic N) is 3. The van der Waals surface area contributed by atoms with Gasteiger partial charge in [-0.15, -0.1) is 0 Å². The standard InChI is InChI=1S/C12H13N3O2/c1-2-12-13-6-7-14(12)9-10-4-3-5-11(8-10)15(16)17/h3-8H,2,9H2,1H3. The Bertz CT molecular complexity index is 534. The third-order valence-electron chi connectivity index (χ3n) is 2.59. The number of hydrogen-bond donors (Lipinski definition) is 0. The second-order valence-corrected chi connectivity index (χ2v) is 3.75. The van der Waals surface area contributed by atoms with Gasteiger partial charge in [0.25, 0.3) is 5.69 Å². The lowest BCUT2D eigenvalue weighted by Gasteiger charge is -2.06. The van der Waals surface area contributed by atoms with Crippen LogP contribution < -0.4 is 0 Å². The molecule has 0 atom stereocenters. The fourth-order valence-electron chi connectivity index (χ4n) is 1.76. The van der Waals surface area contributed by atoms with E-state index < -0.39 is 0 Å². The van der Waals surface area contributed by atoms with Gasteiger partial charge in [0.15, 0.2) is 0 Å². The summed E-state index contributed by atoms with van der Waals surface area (Å²) in [6.07, 6.45) is 4.48. The van der Waals surface area contributed by atoms with Crippen LogP contribution in [0.25, 0.3) is 0 Å². The molecule has 1 heterocycles. The first kappa shape index (κ1) is 11.3. The van der Waals surface area contributed by atoms with E-state index in [9.17, 15) is 10.1 Å². The van der Waals surface area contributed by atoms with Crippen LogP contribution in [0.1, 0.15) is 18.3 Å². The minimum Gasteiger partial charge on any atom is -0.331 e. The van der Waals surface area contributed by atoms with Gasteiger partial charge >= 0.3 is 0 Å². The SMILES string of the molecule is CCc1nccn1Cc1cccc([N+](=O)[O-])c1. The minimum absolute atomic E-state index is 0.126. The molecular formula is C12H13N3O2. The van der Waals surface area contributed by atoms with Crippen molar-refractivity contribution in [2.24, 2.45) is 0 Å². The van der Waals surface area contributed by atoms with E-state index >= 15 is 0 Å². The lowest BCUT2D eigenvalue weighted by molar-refractivity contribution is -0.384. The minimum atomic E-state index is -0.377. The van der Waals surface area contributed by atoms with Crippen molar-refractivity contribution in [1.29, 1.82) is 0 Å². The van der Waals surface area contributed by atoms with Crippen molar-refractivity contribution < 1.29 is 4.92 Å². The topological polar surface area (TPSA) is 61.0 Å². The summed E-state index contributed by atoms with van der Waals surface area (Å²) in [7, 11) is 0. The molecule has 0 amide bonds. The van der Waals surface area contributed by atoms with E-state index in [-0.39, 0.29) is 10.6 Å². The quantitative estimate of drug-likeness (QED) is 0.599. The van der Waals surface area contributed by atoms with E-state index in [1.807, 2.05) is 23.8 Å². The number of non-ortho nitro benzene ring substituents is 1. The van der Waals surface area contributed by atoms with Crippen LogP contribution in [-0.4, -0.2) is 14.5 Å². The molecule has 5 nitrogen and oxygen atoms in total. The smallest absolute Gasteiger partial charge is 0.269 e. The zero-order chi connectivity index (χ0) is 12.3. The zero-order valence-electron chi connectivity index (χ0n) is 9.54. The maximum atomic E-state index is 10.7. The second-order valence-electron chi connectivity index (χ2n) is 3.75. The fraction of sp³-hybridized carbons (Fsp3) is 0.250. The first-order chi connectivity index (χ1) is 8.20. The monoisotopic (exact) mass is 231 g/mol. The zero-order valence-corrected chi connectivity index (χ0v) is 9.54. The van der Waals surface area contributed by atoms with Gasteiger partial charge in [-0.1, -0.05) is 19.1 Å². The number of nitro benzene ring substituents is 1. The summed E-state index contributed by atoms with van der Waals surface area (Å²) in [6, 6.07) is 6.68. The van der Waals surface area contributed by atoms with Gasteiger partial charge in [0, 0.05) is 37.5 Å². The van der Waals surface area contributed by atoms with E-state index in [0.717, 1.165) is 17.8 Å². The molecule has 0 aliphatic carbocycles. The average molecular weight is 231 g/mol. The summed E-state index contributed by atoms with van der Waals surface area (Å²) in [6.45, 7) is 2.65. The summed E-state index contributed by atoms with van der Waals surface area (Å²) in [5, 5.41) is 10.7. The molecule has 2 aromatic rings. The third-order valence-corrected chi connectivity index (χ3v) is 2.59. The highest BCUT2D eigenvalue weighted by atomic mass is 16.6. The summed E-state index contributed by atoms with van der Waals surface area (Å²) < 4.78 is 2.00. The third kappa shape index (κ3) is 2.50. The van der Waals surface area contributed by atoms with Crippen LogP contribution in [0.3, 0.4) is 0 Å². The molecule has 5 heteroatoms. The van der Waals surface area contributed by atoms with Crippen LogP contribution >= 0.6 is 0 Å². The van der Waals surface area contributed by atoms with E-state index in [0.29, 0.717) is 6.54 Å². The molecule has 2 rings (SSSR count). The predicted molar refractivity (Wildman–Crippen MR) is 63.8 cm³/mol. The molecule has 0 radical (unpaired) electrons. The van der Waals surface area contributed by atoms with Crippen LogP contribution in [0, 0.1) is 10.1 Å². The summed E-state index contributed by atoms with van der Waals surface area (Å²) in [4.78, 5) is 14.5. The van der Waals surface area contributed by atoms with Gasteiger partial charge in [0.05, 0.1) is 4.92 Å². The summed E-state index contributed by atoms with van der Waals surface area (Å²) >= 11 is 0. The van der Waals surface area contributed by atoms with E-state index in [4.69, 9.17) is 0 Å². The van der Waals surface area contributed by atoms with Crippen molar-refractivity contribution in [1.82, 2.24) is 9.55 Å². The van der Waals surface area contributed by atoms with Crippen molar-refractivity contribution >= 4 is 5.69 Å². The first-order valence-corrected chi connectivity index (χ1v) is 5.44. The van der Waals surface area contributed by atoms with Crippen molar-refractivity contribution in [2.75, 3.05) is 0 Å². The predicted octanol–water partition coefficient (Wildman–Crippen LogP) is 2.40. The van der Waals surface area contributed by atoms with Gasteiger partial charge in [-0.05, 0) is 5.56 Å². The lowest BCUT2D eigenvalue weighted by atomic mass is 10.2. The lowest BCUT2D eigenvalue weighted by Crippen LogP contribution is -2.03. The first-order valence-electron chi connectivity index (χ1n) is 5.44. The molecule has 0 aliphatic heterocycles.